The summed E-state index contributed by atoms with van der Waals surface area (Å²) in [6.07, 6.45) is 18.0. The van der Waals surface area contributed by atoms with E-state index in [0.29, 0.717) is 18.0 Å². The molecule has 29 heavy (non-hydrogen) atoms. The molecule has 1 saturated carbocycles. The summed E-state index contributed by atoms with van der Waals surface area (Å²) < 4.78 is 0. The van der Waals surface area contributed by atoms with Gasteiger partial charge in [-0.1, -0.05) is 52.2 Å². The van der Waals surface area contributed by atoms with E-state index >= 15 is 0 Å². The summed E-state index contributed by atoms with van der Waals surface area (Å²) in [6, 6.07) is 1.05. The Bertz CT molecular complexity index is 715. The summed E-state index contributed by atoms with van der Waals surface area (Å²) in [5, 5.41) is 7.56. The van der Waals surface area contributed by atoms with Crippen LogP contribution in [0, 0.1) is 11.8 Å². The lowest BCUT2D eigenvalue weighted by molar-refractivity contribution is 0.574. The Kier molecular flexibility index (Phi) is 7.99. The fourth-order valence-electron chi connectivity index (χ4n) is 4.34. The Labute approximate surface area is 176 Å². The molecule has 1 aliphatic carbocycles. The van der Waals surface area contributed by atoms with Crippen molar-refractivity contribution in [2.45, 2.75) is 77.4 Å². The van der Waals surface area contributed by atoms with E-state index in [1.165, 1.54) is 42.4 Å². The van der Waals surface area contributed by atoms with Crippen molar-refractivity contribution in [2.24, 2.45) is 26.9 Å². The fraction of sp³-hybridized carbons (Fsp3) is 0.625. The maximum atomic E-state index is 4.92. The van der Waals surface area contributed by atoms with E-state index in [-0.39, 0.29) is 12.0 Å². The van der Waals surface area contributed by atoms with Gasteiger partial charge in [0.05, 0.1) is 6.04 Å². The zero-order valence-electron chi connectivity index (χ0n) is 18.3. The van der Waals surface area contributed by atoms with Crippen molar-refractivity contribution in [3.05, 3.63) is 35.1 Å². The number of aliphatic imine (C=N–C) groups is 2. The lowest BCUT2D eigenvalue weighted by Gasteiger charge is -2.17. The van der Waals surface area contributed by atoms with Gasteiger partial charge < -0.3 is 5.32 Å². The van der Waals surface area contributed by atoms with Crippen LogP contribution in [0.3, 0.4) is 0 Å². The van der Waals surface area contributed by atoms with Crippen LogP contribution in [0.2, 0.25) is 0 Å². The molecule has 0 aromatic rings. The number of nitrogens with zero attached hydrogens (tertiary/aromatic N) is 3. The SMILES string of the molecule is C=NNC1C=NC=C(C(C)C2=CCC3C(N=C2)C3NCCCCCC)C=C1CC. The number of rotatable bonds is 11. The number of hydrogen-bond acceptors (Lipinski definition) is 5. The van der Waals surface area contributed by atoms with Crippen molar-refractivity contribution in [3.8, 4) is 0 Å². The smallest absolute Gasteiger partial charge is 0.100 e. The predicted octanol–water partition coefficient (Wildman–Crippen LogP) is 4.44. The normalized spacial score (nSPS) is 29.0. The number of fused-ring (bicyclic) bond motifs is 1. The van der Waals surface area contributed by atoms with Gasteiger partial charge in [-0.2, -0.15) is 5.10 Å². The maximum absolute atomic E-state index is 4.92. The molecule has 3 rings (SSSR count). The minimum absolute atomic E-state index is 0.0204. The number of hydrazone groups is 1. The highest BCUT2D eigenvalue weighted by Crippen LogP contribution is 2.40. The molecule has 0 bridgehead atoms. The first kappa shape index (κ1) is 21.7. The molecule has 2 N–H and O–H groups in total. The van der Waals surface area contributed by atoms with Crippen LogP contribution >= 0.6 is 0 Å². The Morgan fingerprint density at radius 3 is 2.86 bits per heavy atom. The second-order valence-corrected chi connectivity index (χ2v) is 8.40. The number of hydrogen-bond donors (Lipinski definition) is 2. The lowest BCUT2D eigenvalue weighted by atomic mass is 9.90. The summed E-state index contributed by atoms with van der Waals surface area (Å²) in [5.41, 5.74) is 6.84. The monoisotopic (exact) mass is 395 g/mol. The van der Waals surface area contributed by atoms with Crippen LogP contribution in [-0.2, 0) is 0 Å². The Hall–Kier alpha value is -2.01. The maximum Gasteiger partial charge on any atom is 0.100 e. The lowest BCUT2D eigenvalue weighted by Crippen LogP contribution is -2.27. The minimum atomic E-state index is 0.0204. The summed E-state index contributed by atoms with van der Waals surface area (Å²) in [7, 11) is 0. The third kappa shape index (κ3) is 5.53. The van der Waals surface area contributed by atoms with Gasteiger partial charge in [0, 0.05) is 43.2 Å². The highest BCUT2D eigenvalue weighted by molar-refractivity contribution is 5.81. The van der Waals surface area contributed by atoms with E-state index in [2.05, 4.69) is 66.7 Å². The fourth-order valence-corrected chi connectivity index (χ4v) is 4.34. The van der Waals surface area contributed by atoms with Crippen LogP contribution in [0.25, 0.3) is 0 Å². The molecule has 5 heteroatoms. The van der Waals surface area contributed by atoms with E-state index in [1.807, 2.05) is 12.4 Å². The molecule has 0 saturated heterocycles. The topological polar surface area (TPSA) is 61.1 Å². The first-order valence-corrected chi connectivity index (χ1v) is 11.3. The van der Waals surface area contributed by atoms with Gasteiger partial charge in [0.15, 0.2) is 0 Å². The van der Waals surface area contributed by atoms with E-state index < -0.39 is 0 Å². The van der Waals surface area contributed by atoms with Gasteiger partial charge in [-0.3, -0.25) is 15.4 Å². The molecule has 1 fully saturated rings. The Balaban J connectivity index is 1.57. The van der Waals surface area contributed by atoms with E-state index in [9.17, 15) is 0 Å². The third-order valence-electron chi connectivity index (χ3n) is 6.41. The van der Waals surface area contributed by atoms with Crippen LogP contribution < -0.4 is 10.7 Å². The molecule has 158 valence electrons. The first-order valence-electron chi connectivity index (χ1n) is 11.3. The summed E-state index contributed by atoms with van der Waals surface area (Å²) in [5.74, 6) is 0.947. The Morgan fingerprint density at radius 2 is 2.10 bits per heavy atom. The van der Waals surface area contributed by atoms with Crippen LogP contribution in [0.5, 0.6) is 0 Å². The average molecular weight is 396 g/mol. The van der Waals surface area contributed by atoms with Crippen LogP contribution in [0.15, 0.2) is 50.2 Å². The predicted molar refractivity (Wildman–Crippen MR) is 125 cm³/mol. The van der Waals surface area contributed by atoms with Gasteiger partial charge in [0.25, 0.3) is 0 Å². The molecule has 5 atom stereocenters. The van der Waals surface area contributed by atoms with E-state index in [1.54, 1.807) is 0 Å². The summed E-state index contributed by atoms with van der Waals surface area (Å²) in [6.45, 7) is 11.4. The van der Waals surface area contributed by atoms with Gasteiger partial charge >= 0.3 is 0 Å². The summed E-state index contributed by atoms with van der Waals surface area (Å²) >= 11 is 0. The molecular formula is C24H37N5. The second-order valence-electron chi connectivity index (χ2n) is 8.40. The molecule has 0 aromatic carbocycles. The largest absolute Gasteiger partial charge is 0.311 e. The molecule has 2 heterocycles. The first-order chi connectivity index (χ1) is 14.2. The zero-order chi connectivity index (χ0) is 20.6. The van der Waals surface area contributed by atoms with Gasteiger partial charge in [-0.15, -0.1) is 0 Å². The molecule has 0 amide bonds. The molecule has 5 unspecified atom stereocenters. The van der Waals surface area contributed by atoms with Crippen molar-refractivity contribution >= 4 is 19.1 Å². The third-order valence-corrected chi connectivity index (χ3v) is 6.41. The van der Waals surface area contributed by atoms with Crippen LogP contribution in [0.1, 0.15) is 59.3 Å². The van der Waals surface area contributed by atoms with E-state index in [0.717, 1.165) is 19.4 Å². The van der Waals surface area contributed by atoms with Crippen molar-refractivity contribution in [1.82, 2.24) is 10.7 Å². The second kappa shape index (κ2) is 10.7. The van der Waals surface area contributed by atoms with E-state index in [4.69, 9.17) is 4.99 Å². The number of allylic oxidation sites excluding steroid dienone is 4. The standard InChI is InChI=1S/C24H37N5/c1-5-7-8-9-12-27-23-21-11-10-19(15-28-24(21)23)17(3)20-13-18(6-2)22(29-25-4)16-26-14-20/h10,13-17,21-24,27,29H,4-9,11-12H2,1-3H3. The van der Waals surface area contributed by atoms with Gasteiger partial charge in [0.1, 0.15) is 6.04 Å². The van der Waals surface area contributed by atoms with Gasteiger partial charge in [-0.25, -0.2) is 0 Å². The van der Waals surface area contributed by atoms with Crippen molar-refractivity contribution in [3.63, 3.8) is 0 Å². The van der Waals surface area contributed by atoms with Crippen molar-refractivity contribution in [2.75, 3.05) is 6.54 Å². The zero-order valence-corrected chi connectivity index (χ0v) is 18.3. The molecule has 2 aliphatic heterocycles. The summed E-state index contributed by atoms with van der Waals surface area (Å²) in [4.78, 5) is 9.43. The molecule has 3 aliphatic rings. The van der Waals surface area contributed by atoms with Crippen LogP contribution in [0.4, 0.5) is 0 Å². The molecule has 0 radical (unpaired) electrons. The molecular weight excluding hydrogens is 358 g/mol. The highest BCUT2D eigenvalue weighted by atomic mass is 15.3. The highest BCUT2D eigenvalue weighted by Gasteiger charge is 2.49. The molecule has 5 nitrogen and oxygen atoms in total. The minimum Gasteiger partial charge on any atom is -0.311 e. The van der Waals surface area contributed by atoms with Gasteiger partial charge in [0.2, 0.25) is 0 Å². The Morgan fingerprint density at radius 1 is 1.24 bits per heavy atom. The molecule has 0 aromatic heterocycles. The molecule has 0 spiro atoms. The van der Waals surface area contributed by atoms with Crippen molar-refractivity contribution in [1.29, 1.82) is 0 Å². The average Bonchev–Trinajstić information content (AvgIpc) is 3.47. The van der Waals surface area contributed by atoms with Gasteiger partial charge in [-0.05, 0) is 42.5 Å². The number of unbranched alkanes of at least 4 members (excludes halogenated alkanes) is 3. The number of nitrogens with one attached hydrogen (secondary N) is 2. The van der Waals surface area contributed by atoms with Crippen LogP contribution in [-0.4, -0.2) is 43.8 Å². The quantitative estimate of drug-likeness (QED) is 0.309. The van der Waals surface area contributed by atoms with Crippen molar-refractivity contribution < 1.29 is 0 Å².